The second kappa shape index (κ2) is 6.15. The van der Waals surface area contributed by atoms with E-state index >= 15 is 0 Å². The highest BCUT2D eigenvalue weighted by Gasteiger charge is 2.21. The first kappa shape index (κ1) is 15.6. The molecule has 0 heterocycles. The minimum Gasteiger partial charge on any atom is -0.496 e. The number of benzene rings is 1. The Balaban J connectivity index is 3.10. The van der Waals surface area contributed by atoms with Crippen molar-refractivity contribution < 1.29 is 14.6 Å². The van der Waals surface area contributed by atoms with Gasteiger partial charge in [0.05, 0.1) is 19.9 Å². The molecule has 0 fully saturated rings. The summed E-state index contributed by atoms with van der Waals surface area (Å²) in [7, 11) is 5.32. The van der Waals surface area contributed by atoms with E-state index in [9.17, 15) is 5.11 Å². The number of methoxy groups -OCH3 is 2. The molecular formula is C15H25NO3. The Bertz CT molecular complexity index is 430. The summed E-state index contributed by atoms with van der Waals surface area (Å²) in [6.45, 7) is 6.92. The van der Waals surface area contributed by atoms with Gasteiger partial charge in [0, 0.05) is 31.7 Å². The zero-order valence-corrected chi connectivity index (χ0v) is 12.8. The number of nitrogens with zero attached hydrogens (tertiary/aromatic N) is 1. The van der Waals surface area contributed by atoms with Gasteiger partial charge in [-0.05, 0) is 18.6 Å². The van der Waals surface area contributed by atoms with Crippen molar-refractivity contribution in [1.29, 1.82) is 0 Å². The molecule has 1 rings (SSSR count). The standard InChI is InChI=1S/C15H25NO3/c1-11-7-14(19-6)12(8-13(11)18-5)16(4)9-15(2,3)10-17/h7-8,17H,9-10H2,1-6H3. The monoisotopic (exact) mass is 267 g/mol. The van der Waals surface area contributed by atoms with Crippen LogP contribution in [-0.4, -0.2) is 39.5 Å². The van der Waals surface area contributed by atoms with Crippen LogP contribution in [0.1, 0.15) is 19.4 Å². The zero-order valence-electron chi connectivity index (χ0n) is 12.8. The van der Waals surface area contributed by atoms with Gasteiger partial charge in [-0.1, -0.05) is 13.8 Å². The van der Waals surface area contributed by atoms with Crippen LogP contribution < -0.4 is 14.4 Å². The fourth-order valence-corrected chi connectivity index (χ4v) is 2.11. The van der Waals surface area contributed by atoms with Gasteiger partial charge < -0.3 is 19.5 Å². The molecule has 0 aliphatic carbocycles. The van der Waals surface area contributed by atoms with Gasteiger partial charge in [-0.2, -0.15) is 0 Å². The van der Waals surface area contributed by atoms with Crippen LogP contribution in [0.25, 0.3) is 0 Å². The summed E-state index contributed by atoms with van der Waals surface area (Å²) in [5.41, 5.74) is 1.84. The molecule has 0 aliphatic heterocycles. The predicted molar refractivity (Wildman–Crippen MR) is 78.4 cm³/mol. The molecule has 0 radical (unpaired) electrons. The normalized spacial score (nSPS) is 11.3. The molecule has 4 heteroatoms. The fraction of sp³-hybridized carbons (Fsp3) is 0.600. The van der Waals surface area contributed by atoms with Gasteiger partial charge in [-0.3, -0.25) is 0 Å². The first-order valence-electron chi connectivity index (χ1n) is 6.39. The van der Waals surface area contributed by atoms with E-state index in [1.165, 1.54) is 0 Å². The second-order valence-corrected chi connectivity index (χ2v) is 5.67. The molecule has 0 atom stereocenters. The summed E-state index contributed by atoms with van der Waals surface area (Å²) >= 11 is 0. The smallest absolute Gasteiger partial charge is 0.142 e. The van der Waals surface area contributed by atoms with Crippen LogP contribution in [-0.2, 0) is 0 Å². The van der Waals surface area contributed by atoms with Crippen molar-refractivity contribution in [3.63, 3.8) is 0 Å². The Kier molecular flexibility index (Phi) is 5.06. The van der Waals surface area contributed by atoms with Crippen molar-refractivity contribution in [3.05, 3.63) is 17.7 Å². The molecule has 0 amide bonds. The van der Waals surface area contributed by atoms with Crippen molar-refractivity contribution in [3.8, 4) is 11.5 Å². The van der Waals surface area contributed by atoms with Crippen molar-refractivity contribution in [2.45, 2.75) is 20.8 Å². The third-order valence-corrected chi connectivity index (χ3v) is 3.20. The minimum atomic E-state index is -0.169. The number of aliphatic hydroxyl groups excluding tert-OH is 1. The largest absolute Gasteiger partial charge is 0.496 e. The fourth-order valence-electron chi connectivity index (χ4n) is 2.11. The summed E-state index contributed by atoms with van der Waals surface area (Å²) in [6.07, 6.45) is 0. The van der Waals surface area contributed by atoms with Gasteiger partial charge in [0.15, 0.2) is 0 Å². The molecule has 0 unspecified atom stereocenters. The van der Waals surface area contributed by atoms with Crippen LogP contribution in [0.15, 0.2) is 12.1 Å². The number of aliphatic hydroxyl groups is 1. The highest BCUT2D eigenvalue weighted by atomic mass is 16.5. The van der Waals surface area contributed by atoms with Crippen molar-refractivity contribution in [2.75, 3.05) is 39.3 Å². The van der Waals surface area contributed by atoms with Crippen LogP contribution in [0.3, 0.4) is 0 Å². The summed E-state index contributed by atoms with van der Waals surface area (Å²) in [5.74, 6) is 1.65. The average molecular weight is 267 g/mol. The lowest BCUT2D eigenvalue weighted by molar-refractivity contribution is 0.165. The van der Waals surface area contributed by atoms with Crippen LogP contribution in [0, 0.1) is 12.3 Å². The first-order valence-corrected chi connectivity index (χ1v) is 6.39. The molecule has 108 valence electrons. The number of hydrogen-bond donors (Lipinski definition) is 1. The molecule has 1 aromatic carbocycles. The number of anilines is 1. The Hall–Kier alpha value is -1.42. The summed E-state index contributed by atoms with van der Waals surface area (Å²) in [5, 5.41) is 9.38. The number of rotatable bonds is 6. The second-order valence-electron chi connectivity index (χ2n) is 5.67. The molecule has 19 heavy (non-hydrogen) atoms. The minimum absolute atomic E-state index is 0.142. The van der Waals surface area contributed by atoms with E-state index in [0.29, 0.717) is 0 Å². The number of hydrogen-bond acceptors (Lipinski definition) is 4. The maximum atomic E-state index is 9.38. The van der Waals surface area contributed by atoms with E-state index in [4.69, 9.17) is 9.47 Å². The molecule has 1 N–H and O–H groups in total. The molecule has 4 nitrogen and oxygen atoms in total. The molecule has 0 saturated heterocycles. The lowest BCUT2D eigenvalue weighted by Gasteiger charge is -2.31. The SMILES string of the molecule is COc1cc(N(C)CC(C)(C)CO)c(OC)cc1C. The zero-order chi connectivity index (χ0) is 14.6. The summed E-state index contributed by atoms with van der Waals surface area (Å²) in [4.78, 5) is 2.08. The van der Waals surface area contributed by atoms with Crippen LogP contribution in [0.2, 0.25) is 0 Å². The van der Waals surface area contributed by atoms with E-state index in [0.717, 1.165) is 29.3 Å². The molecule has 0 bridgehead atoms. The molecule has 1 aromatic rings. The highest BCUT2D eigenvalue weighted by Crippen LogP contribution is 2.35. The van der Waals surface area contributed by atoms with Crippen LogP contribution in [0.5, 0.6) is 11.5 Å². The van der Waals surface area contributed by atoms with Gasteiger partial charge in [0.1, 0.15) is 11.5 Å². The topological polar surface area (TPSA) is 41.9 Å². The summed E-state index contributed by atoms with van der Waals surface area (Å²) < 4.78 is 10.8. The third kappa shape index (κ3) is 3.77. The van der Waals surface area contributed by atoms with Gasteiger partial charge in [-0.15, -0.1) is 0 Å². The Morgan fingerprint density at radius 1 is 1.16 bits per heavy atom. The van der Waals surface area contributed by atoms with Crippen LogP contribution in [0.4, 0.5) is 5.69 Å². The van der Waals surface area contributed by atoms with Gasteiger partial charge >= 0.3 is 0 Å². The maximum absolute atomic E-state index is 9.38. The van der Waals surface area contributed by atoms with E-state index in [1.54, 1.807) is 14.2 Å². The third-order valence-electron chi connectivity index (χ3n) is 3.20. The van der Waals surface area contributed by atoms with Gasteiger partial charge in [0.2, 0.25) is 0 Å². The Morgan fingerprint density at radius 2 is 1.74 bits per heavy atom. The summed E-state index contributed by atoms with van der Waals surface area (Å²) in [6, 6.07) is 3.94. The maximum Gasteiger partial charge on any atom is 0.142 e. The quantitative estimate of drug-likeness (QED) is 0.859. The molecule has 0 saturated carbocycles. The Morgan fingerprint density at radius 3 is 2.21 bits per heavy atom. The average Bonchev–Trinajstić information content (AvgIpc) is 2.37. The lowest BCUT2D eigenvalue weighted by atomic mass is 9.94. The van der Waals surface area contributed by atoms with Crippen molar-refractivity contribution in [1.82, 2.24) is 0 Å². The molecular weight excluding hydrogens is 242 g/mol. The van der Waals surface area contributed by atoms with E-state index in [1.807, 2.05) is 40.0 Å². The van der Waals surface area contributed by atoms with Crippen molar-refractivity contribution >= 4 is 5.69 Å². The predicted octanol–water partition coefficient (Wildman–Crippen LogP) is 2.47. The van der Waals surface area contributed by atoms with Crippen LogP contribution >= 0.6 is 0 Å². The molecule has 0 aliphatic rings. The van der Waals surface area contributed by atoms with Gasteiger partial charge in [0.25, 0.3) is 0 Å². The van der Waals surface area contributed by atoms with E-state index in [-0.39, 0.29) is 12.0 Å². The van der Waals surface area contributed by atoms with E-state index < -0.39 is 0 Å². The number of aryl methyl sites for hydroxylation is 1. The van der Waals surface area contributed by atoms with E-state index in [2.05, 4.69) is 4.90 Å². The number of ether oxygens (including phenoxy) is 2. The first-order chi connectivity index (χ1) is 8.84. The lowest BCUT2D eigenvalue weighted by Crippen LogP contribution is -2.34. The van der Waals surface area contributed by atoms with Crippen molar-refractivity contribution in [2.24, 2.45) is 5.41 Å². The Labute approximate surface area is 115 Å². The molecule has 0 spiro atoms. The molecule has 0 aromatic heterocycles. The highest BCUT2D eigenvalue weighted by molar-refractivity contribution is 5.63. The van der Waals surface area contributed by atoms with Gasteiger partial charge in [-0.25, -0.2) is 0 Å².